The van der Waals surface area contributed by atoms with E-state index in [4.69, 9.17) is 28.3 Å². The number of benzene rings is 2. The van der Waals surface area contributed by atoms with Gasteiger partial charge >= 0.3 is 6.09 Å². The lowest BCUT2D eigenvalue weighted by molar-refractivity contribution is 0.0323. The number of fused-ring (bicyclic) bond motifs is 3. The minimum Gasteiger partial charge on any atom is -0.465 e. The third kappa shape index (κ3) is 2.72. The quantitative estimate of drug-likeness (QED) is 0.659. The minimum atomic E-state index is -1.00. The molecule has 1 aliphatic rings. The Morgan fingerprint density at radius 3 is 2.08 bits per heavy atom. The molecule has 0 aliphatic carbocycles. The van der Waals surface area contributed by atoms with Gasteiger partial charge in [0.25, 0.3) is 0 Å². The van der Waals surface area contributed by atoms with E-state index < -0.39 is 12.2 Å². The Balaban J connectivity index is 1.90. The summed E-state index contributed by atoms with van der Waals surface area (Å²) in [6.07, 6.45) is -1.24. The first-order valence-corrected chi connectivity index (χ1v) is 8.76. The summed E-state index contributed by atoms with van der Waals surface area (Å²) in [6, 6.07) is 11.1. The fourth-order valence-corrected chi connectivity index (χ4v) is 4.09. The molecule has 2 atom stereocenters. The number of carboxylic acid groups (broad SMARTS) is 1. The molecule has 1 fully saturated rings. The van der Waals surface area contributed by atoms with Crippen LogP contribution in [0.1, 0.15) is 12.5 Å². The summed E-state index contributed by atoms with van der Waals surface area (Å²) in [5.41, 5.74) is 1.91. The van der Waals surface area contributed by atoms with Crippen LogP contribution in [-0.2, 0) is 0 Å². The van der Waals surface area contributed by atoms with Crippen molar-refractivity contribution < 1.29 is 15.0 Å². The zero-order chi connectivity index (χ0) is 17.7. The van der Waals surface area contributed by atoms with E-state index in [9.17, 15) is 9.90 Å². The number of halogens is 2. The number of hydrogen-bond acceptors (Lipinski definition) is 2. The molecule has 1 saturated heterocycles. The Morgan fingerprint density at radius 1 is 1.04 bits per heavy atom. The Hall–Kier alpha value is -1.95. The summed E-state index contributed by atoms with van der Waals surface area (Å²) in [5.74, 6) is 0. The molecule has 4 rings (SSSR count). The second-order valence-corrected chi connectivity index (χ2v) is 7.22. The van der Waals surface area contributed by atoms with E-state index in [1.165, 1.54) is 4.90 Å². The summed E-state index contributed by atoms with van der Waals surface area (Å²) in [4.78, 5) is 12.4. The van der Waals surface area contributed by atoms with Gasteiger partial charge in [-0.2, -0.15) is 0 Å². The molecule has 0 bridgehead atoms. The molecule has 1 aliphatic heterocycles. The van der Waals surface area contributed by atoms with Crippen LogP contribution in [0, 0.1) is 0 Å². The van der Waals surface area contributed by atoms with Crippen molar-refractivity contribution in [3.05, 3.63) is 46.4 Å². The van der Waals surface area contributed by atoms with Gasteiger partial charge in [0.2, 0.25) is 0 Å². The van der Waals surface area contributed by atoms with Crippen LogP contribution in [0.15, 0.2) is 36.4 Å². The van der Waals surface area contributed by atoms with Gasteiger partial charge in [-0.3, -0.25) is 0 Å². The van der Waals surface area contributed by atoms with Gasteiger partial charge in [0.15, 0.2) is 0 Å². The number of aliphatic hydroxyl groups is 1. The number of nitrogens with zero attached hydrogens (tertiary/aromatic N) is 2. The van der Waals surface area contributed by atoms with E-state index in [0.29, 0.717) is 23.0 Å². The fourth-order valence-electron chi connectivity index (χ4n) is 3.75. The smallest absolute Gasteiger partial charge is 0.407 e. The molecular formula is C18H16Cl2N2O3. The predicted molar refractivity (Wildman–Crippen MR) is 98.7 cm³/mol. The van der Waals surface area contributed by atoms with Gasteiger partial charge in [-0.1, -0.05) is 23.2 Å². The number of likely N-dealkylation sites (tertiary alicyclic amines) is 1. The molecule has 1 amide bonds. The van der Waals surface area contributed by atoms with Gasteiger partial charge in [-0.05, 0) is 42.8 Å². The summed E-state index contributed by atoms with van der Waals surface area (Å²) in [5, 5.41) is 23.0. The van der Waals surface area contributed by atoms with Crippen LogP contribution in [0.2, 0.25) is 10.0 Å². The van der Waals surface area contributed by atoms with Crippen molar-refractivity contribution in [3.63, 3.8) is 0 Å². The molecule has 0 saturated carbocycles. The first kappa shape index (κ1) is 16.5. The largest absolute Gasteiger partial charge is 0.465 e. The highest BCUT2D eigenvalue weighted by atomic mass is 35.5. The van der Waals surface area contributed by atoms with Gasteiger partial charge in [-0.25, -0.2) is 4.79 Å². The van der Waals surface area contributed by atoms with E-state index in [1.54, 1.807) is 0 Å². The van der Waals surface area contributed by atoms with Gasteiger partial charge in [-0.15, -0.1) is 0 Å². The predicted octanol–water partition coefficient (Wildman–Crippen LogP) is 4.39. The summed E-state index contributed by atoms with van der Waals surface area (Å²) in [6.45, 7) is 0.488. The van der Waals surface area contributed by atoms with E-state index in [0.717, 1.165) is 21.8 Å². The molecule has 0 spiro atoms. The number of aliphatic hydroxyl groups excluding tert-OH is 1. The standard InChI is InChI=1S/C18H16Cl2N2O3/c19-10-1-3-14-12(7-10)13-8-11(20)2-4-15(13)22(14)16-5-6-21(18(24)25)9-17(16)23/h1-4,7-8,16-17,23H,5-6,9H2,(H,24,25)/t16-,17-/m0/s1. The molecule has 2 aromatic carbocycles. The van der Waals surface area contributed by atoms with E-state index in [1.807, 2.05) is 36.4 Å². The number of piperidine rings is 1. The van der Waals surface area contributed by atoms with Crippen LogP contribution >= 0.6 is 23.2 Å². The lowest BCUT2D eigenvalue weighted by Crippen LogP contribution is -2.46. The maximum absolute atomic E-state index is 11.2. The van der Waals surface area contributed by atoms with Crippen LogP contribution in [0.4, 0.5) is 4.79 Å². The molecular weight excluding hydrogens is 363 g/mol. The molecule has 2 N–H and O–H groups in total. The third-order valence-corrected chi connectivity index (χ3v) is 5.35. The zero-order valence-corrected chi connectivity index (χ0v) is 14.7. The Labute approximate surface area is 154 Å². The van der Waals surface area contributed by atoms with Crippen LogP contribution in [0.25, 0.3) is 21.8 Å². The lowest BCUT2D eigenvalue weighted by atomic mass is 10.0. The van der Waals surface area contributed by atoms with Crippen LogP contribution < -0.4 is 0 Å². The average molecular weight is 379 g/mol. The number of aromatic nitrogens is 1. The fraction of sp³-hybridized carbons (Fsp3) is 0.278. The average Bonchev–Trinajstić information content (AvgIpc) is 2.87. The van der Waals surface area contributed by atoms with Crippen molar-refractivity contribution in [3.8, 4) is 0 Å². The normalized spacial score (nSPS) is 21.2. The molecule has 130 valence electrons. The highest BCUT2D eigenvalue weighted by Gasteiger charge is 2.32. The van der Waals surface area contributed by atoms with Crippen LogP contribution in [0.3, 0.4) is 0 Å². The monoisotopic (exact) mass is 378 g/mol. The Morgan fingerprint density at radius 2 is 1.60 bits per heavy atom. The van der Waals surface area contributed by atoms with Crippen molar-refractivity contribution in [2.75, 3.05) is 13.1 Å². The Kier molecular flexibility index (Phi) is 4.02. The molecule has 0 radical (unpaired) electrons. The van der Waals surface area contributed by atoms with Crippen molar-refractivity contribution in [1.82, 2.24) is 9.47 Å². The second-order valence-electron chi connectivity index (χ2n) is 6.34. The topological polar surface area (TPSA) is 65.7 Å². The molecule has 0 unspecified atom stereocenters. The van der Waals surface area contributed by atoms with Crippen molar-refractivity contribution in [2.45, 2.75) is 18.6 Å². The number of β-amino-alcohol motifs (C(OH)–C–C–N with tert-alkyl or cyclic N) is 1. The molecule has 25 heavy (non-hydrogen) atoms. The third-order valence-electron chi connectivity index (χ3n) is 4.87. The van der Waals surface area contributed by atoms with Gasteiger partial charge < -0.3 is 19.7 Å². The first-order valence-electron chi connectivity index (χ1n) is 8.00. The molecule has 5 nitrogen and oxygen atoms in total. The van der Waals surface area contributed by atoms with E-state index in [2.05, 4.69) is 4.57 Å². The molecule has 7 heteroatoms. The van der Waals surface area contributed by atoms with E-state index in [-0.39, 0.29) is 12.6 Å². The number of carbonyl (C=O) groups is 1. The van der Waals surface area contributed by atoms with E-state index >= 15 is 0 Å². The maximum atomic E-state index is 11.2. The van der Waals surface area contributed by atoms with Crippen molar-refractivity contribution in [1.29, 1.82) is 0 Å². The molecule has 2 heterocycles. The Bertz CT molecular complexity index is 926. The molecule has 3 aromatic rings. The van der Waals surface area contributed by atoms with Crippen LogP contribution in [-0.4, -0.2) is 45.0 Å². The van der Waals surface area contributed by atoms with Gasteiger partial charge in [0.05, 0.1) is 18.7 Å². The highest BCUT2D eigenvalue weighted by Crippen LogP contribution is 2.37. The first-order chi connectivity index (χ1) is 12.0. The van der Waals surface area contributed by atoms with Crippen LogP contribution in [0.5, 0.6) is 0 Å². The second kappa shape index (κ2) is 6.09. The maximum Gasteiger partial charge on any atom is 0.407 e. The summed E-state index contributed by atoms with van der Waals surface area (Å²) in [7, 11) is 0. The lowest BCUT2D eigenvalue weighted by Gasteiger charge is -2.36. The summed E-state index contributed by atoms with van der Waals surface area (Å²) >= 11 is 12.3. The number of amides is 1. The SMILES string of the molecule is O=C(O)N1CC[C@H](n2c3ccc(Cl)cc3c3cc(Cl)ccc32)[C@@H](O)C1. The van der Waals surface area contributed by atoms with Gasteiger partial charge in [0.1, 0.15) is 0 Å². The number of hydrogen-bond donors (Lipinski definition) is 2. The van der Waals surface area contributed by atoms with Crippen molar-refractivity contribution >= 4 is 51.1 Å². The highest BCUT2D eigenvalue weighted by molar-refractivity contribution is 6.33. The molecule has 1 aromatic heterocycles. The minimum absolute atomic E-state index is 0.0995. The van der Waals surface area contributed by atoms with Crippen molar-refractivity contribution in [2.24, 2.45) is 0 Å². The van der Waals surface area contributed by atoms with Gasteiger partial charge in [0, 0.05) is 38.4 Å². The number of rotatable bonds is 1. The zero-order valence-electron chi connectivity index (χ0n) is 13.2. The summed E-state index contributed by atoms with van der Waals surface area (Å²) < 4.78 is 2.08.